The number of carboxylic acids is 1. The zero-order valence-electron chi connectivity index (χ0n) is 30.9. The van der Waals surface area contributed by atoms with Gasteiger partial charge in [0.1, 0.15) is 6.10 Å². The van der Waals surface area contributed by atoms with Crippen LogP contribution in [-0.4, -0.2) is 48.7 Å². The Balaban J connectivity index is 1.44. The van der Waals surface area contributed by atoms with E-state index in [-0.39, 0.29) is 40.2 Å². The highest BCUT2D eigenvalue weighted by Crippen LogP contribution is 2.81. The summed E-state index contributed by atoms with van der Waals surface area (Å²) in [5.41, 5.74) is 1.63. The molecule has 5 aliphatic rings. The topological polar surface area (TPSA) is 66.8 Å². The summed E-state index contributed by atoms with van der Waals surface area (Å²) in [6.07, 6.45) is 13.4. The van der Waals surface area contributed by atoms with Crippen LogP contribution in [0.4, 0.5) is 0 Å². The van der Waals surface area contributed by atoms with E-state index in [0.717, 1.165) is 12.8 Å². The number of ether oxygens (including phenoxy) is 1. The fourth-order valence-electron chi connectivity index (χ4n) is 13.6. The number of carbonyl (C=O) groups is 2. The van der Waals surface area contributed by atoms with Gasteiger partial charge in [-0.05, 0) is 163 Å². The second-order valence-corrected chi connectivity index (χ2v) is 19.4. The molecule has 1 unspecified atom stereocenters. The molecule has 0 amide bonds. The van der Waals surface area contributed by atoms with Gasteiger partial charge in [0.05, 0.1) is 11.8 Å². The number of carboxylic acid groups (broad SMARTS) is 1. The molecule has 0 aromatic rings. The molecule has 5 saturated carbocycles. The lowest BCUT2D eigenvalue weighted by Crippen LogP contribution is -2.69. The number of hydrogen-bond acceptors (Lipinski definition) is 4. The maximum atomic E-state index is 13.1. The van der Waals surface area contributed by atoms with E-state index in [2.05, 4.69) is 74.0 Å². The Morgan fingerprint density at radius 3 is 2.09 bits per heavy atom. The second kappa shape index (κ2) is 11.1. The first kappa shape index (κ1) is 35.0. The van der Waals surface area contributed by atoms with Gasteiger partial charge in [-0.1, -0.05) is 53.7 Å². The molecule has 45 heavy (non-hydrogen) atoms. The molecular formula is C40H67NO4. The van der Waals surface area contributed by atoms with E-state index < -0.39 is 11.4 Å². The summed E-state index contributed by atoms with van der Waals surface area (Å²) in [7, 11) is 4.48. The quantitative estimate of drug-likeness (QED) is 0.215. The molecule has 5 nitrogen and oxygen atoms in total. The highest BCUT2D eigenvalue weighted by molar-refractivity contribution is 5.81. The summed E-state index contributed by atoms with van der Waals surface area (Å²) < 4.78 is 6.19. The highest BCUT2D eigenvalue weighted by Gasteiger charge is 2.74. The van der Waals surface area contributed by atoms with Crippen molar-refractivity contribution in [3.05, 3.63) is 12.2 Å². The highest BCUT2D eigenvalue weighted by atomic mass is 16.5. The minimum atomic E-state index is -1.12. The molecule has 0 aliphatic heterocycles. The molecular weight excluding hydrogens is 558 g/mol. The van der Waals surface area contributed by atoms with Crippen molar-refractivity contribution in [3.8, 4) is 0 Å². The van der Waals surface area contributed by atoms with Crippen molar-refractivity contribution in [1.82, 2.24) is 4.90 Å². The minimum absolute atomic E-state index is 0.0864. The molecule has 0 spiro atoms. The average Bonchev–Trinajstić information content (AvgIpc) is 3.32. The molecule has 5 fully saturated rings. The Bertz CT molecular complexity index is 1200. The number of nitrogens with zero attached hydrogens (tertiary/aromatic N) is 1. The van der Waals surface area contributed by atoms with Crippen molar-refractivity contribution in [1.29, 1.82) is 0 Å². The van der Waals surface area contributed by atoms with Crippen molar-refractivity contribution in [2.24, 2.45) is 61.6 Å². The van der Waals surface area contributed by atoms with E-state index in [9.17, 15) is 14.7 Å². The lowest BCUT2D eigenvalue weighted by atomic mass is 9.28. The van der Waals surface area contributed by atoms with Crippen LogP contribution in [0.1, 0.15) is 139 Å². The monoisotopic (exact) mass is 626 g/mol. The number of esters is 1. The van der Waals surface area contributed by atoms with Gasteiger partial charge in [-0.25, -0.2) is 0 Å². The van der Waals surface area contributed by atoms with E-state index >= 15 is 0 Å². The van der Waals surface area contributed by atoms with Crippen LogP contribution in [-0.2, 0) is 14.3 Å². The molecule has 0 aromatic heterocycles. The SMILES string of the molecule is C=C(C)[C@@H]1CCC2(CCN(C)C)CC[C@@]3(C)[C@]4(C)CC[C@H]5C(C)(C)[C@@H](OC(=O)CC(C)(C)C(=O)O)CC[C@]5(C)[C@H]4CC[C@]3(C)[C@@H]12. The second-order valence-electron chi connectivity index (χ2n) is 19.4. The van der Waals surface area contributed by atoms with Crippen LogP contribution in [0.2, 0.25) is 0 Å². The summed E-state index contributed by atoms with van der Waals surface area (Å²) in [5, 5.41) is 9.58. The van der Waals surface area contributed by atoms with Gasteiger partial charge < -0.3 is 14.7 Å². The third-order valence-electron chi connectivity index (χ3n) is 16.4. The summed E-state index contributed by atoms with van der Waals surface area (Å²) in [5.74, 6) is 1.17. The van der Waals surface area contributed by atoms with Crippen molar-refractivity contribution < 1.29 is 19.4 Å². The molecule has 5 rings (SSSR count). The minimum Gasteiger partial charge on any atom is -0.481 e. The fraction of sp³-hybridized carbons (Fsp3) is 0.900. The Labute approximate surface area is 275 Å². The number of fused-ring (bicyclic) bond motifs is 7. The van der Waals surface area contributed by atoms with Crippen LogP contribution >= 0.6 is 0 Å². The normalized spacial score (nSPS) is 45.6. The van der Waals surface area contributed by atoms with Crippen LogP contribution in [0.5, 0.6) is 0 Å². The summed E-state index contributed by atoms with van der Waals surface area (Å²) in [6.45, 7) is 26.8. The fourth-order valence-corrected chi connectivity index (χ4v) is 13.6. The van der Waals surface area contributed by atoms with Gasteiger partial charge in [0.2, 0.25) is 0 Å². The molecule has 0 saturated heterocycles. The maximum Gasteiger partial charge on any atom is 0.309 e. The van der Waals surface area contributed by atoms with Gasteiger partial charge in [0.15, 0.2) is 0 Å². The van der Waals surface area contributed by atoms with E-state index in [1.54, 1.807) is 13.8 Å². The Morgan fingerprint density at radius 1 is 0.867 bits per heavy atom. The van der Waals surface area contributed by atoms with Crippen LogP contribution in [0.3, 0.4) is 0 Å². The van der Waals surface area contributed by atoms with Crippen LogP contribution in [0.15, 0.2) is 12.2 Å². The molecule has 10 atom stereocenters. The number of aliphatic carboxylic acids is 1. The van der Waals surface area contributed by atoms with Gasteiger partial charge in [-0.2, -0.15) is 0 Å². The number of hydrogen-bond donors (Lipinski definition) is 1. The first-order chi connectivity index (χ1) is 20.6. The number of rotatable bonds is 8. The predicted octanol–water partition coefficient (Wildman–Crippen LogP) is 9.40. The van der Waals surface area contributed by atoms with Gasteiger partial charge in [-0.15, -0.1) is 0 Å². The van der Waals surface area contributed by atoms with E-state index in [4.69, 9.17) is 4.74 Å². The van der Waals surface area contributed by atoms with Crippen molar-refractivity contribution in [2.45, 2.75) is 145 Å². The molecule has 0 radical (unpaired) electrons. The first-order valence-electron chi connectivity index (χ1n) is 18.3. The summed E-state index contributed by atoms with van der Waals surface area (Å²) in [4.78, 5) is 27.1. The van der Waals surface area contributed by atoms with Crippen molar-refractivity contribution >= 4 is 11.9 Å². The van der Waals surface area contributed by atoms with Crippen LogP contribution in [0, 0.1) is 61.6 Å². The molecule has 0 aromatic carbocycles. The van der Waals surface area contributed by atoms with Gasteiger partial charge >= 0.3 is 11.9 Å². The van der Waals surface area contributed by atoms with Gasteiger partial charge in [-0.3, -0.25) is 9.59 Å². The molecule has 5 heteroatoms. The first-order valence-corrected chi connectivity index (χ1v) is 18.3. The smallest absolute Gasteiger partial charge is 0.309 e. The molecule has 0 bridgehead atoms. The summed E-state index contributed by atoms with van der Waals surface area (Å²) >= 11 is 0. The predicted molar refractivity (Wildman–Crippen MR) is 183 cm³/mol. The number of carbonyl (C=O) groups excluding carboxylic acids is 1. The lowest BCUT2D eigenvalue weighted by Gasteiger charge is -2.76. The maximum absolute atomic E-state index is 13.1. The lowest BCUT2D eigenvalue weighted by molar-refractivity contribution is -0.279. The van der Waals surface area contributed by atoms with E-state index in [1.165, 1.54) is 69.9 Å². The Kier molecular flexibility index (Phi) is 8.62. The third kappa shape index (κ3) is 5.00. The zero-order chi connectivity index (χ0) is 33.6. The number of allylic oxidation sites excluding steroid dienone is 1. The molecule has 0 heterocycles. The van der Waals surface area contributed by atoms with E-state index in [1.807, 2.05) is 0 Å². The Hall–Kier alpha value is -1.36. The molecule has 1 N–H and O–H groups in total. The molecule has 5 aliphatic carbocycles. The van der Waals surface area contributed by atoms with Gasteiger partial charge in [0.25, 0.3) is 0 Å². The molecule has 256 valence electrons. The van der Waals surface area contributed by atoms with Crippen LogP contribution in [0.25, 0.3) is 0 Å². The Morgan fingerprint density at radius 2 is 1.49 bits per heavy atom. The van der Waals surface area contributed by atoms with Gasteiger partial charge in [0, 0.05) is 5.41 Å². The standard InChI is InChI=1S/C40H67NO4/c1-26(2)27-13-20-40(23-24-41(11)12)22-21-39(10)37(8)18-14-28-35(5,6)30(45-31(42)25-34(3,4)33(43)44)16-17-36(28,7)29(37)15-19-38(39,9)32(27)40/h27-30,32H,1,13-25H2,2-12H3,(H,43,44)/t27-,28-,29+,30-,32+,36-,37+,38+,39-,40?/m0/s1. The average molecular weight is 626 g/mol. The van der Waals surface area contributed by atoms with Crippen molar-refractivity contribution in [2.75, 3.05) is 20.6 Å². The largest absolute Gasteiger partial charge is 0.481 e. The zero-order valence-corrected chi connectivity index (χ0v) is 30.9. The van der Waals surface area contributed by atoms with Crippen molar-refractivity contribution in [3.63, 3.8) is 0 Å². The third-order valence-corrected chi connectivity index (χ3v) is 16.4. The summed E-state index contributed by atoms with van der Waals surface area (Å²) in [6, 6.07) is 0. The van der Waals surface area contributed by atoms with Crippen LogP contribution < -0.4 is 0 Å². The van der Waals surface area contributed by atoms with E-state index in [0.29, 0.717) is 34.5 Å².